The molecule has 0 fully saturated rings. The number of hydrogen-bond acceptors (Lipinski definition) is 1. The Morgan fingerprint density at radius 1 is 1.15 bits per heavy atom. The number of aryl methyl sites for hydroxylation is 2. The van der Waals surface area contributed by atoms with Crippen LogP contribution >= 0.6 is 11.6 Å². The summed E-state index contributed by atoms with van der Waals surface area (Å²) in [4.78, 5) is 0. The highest BCUT2D eigenvalue weighted by molar-refractivity contribution is 6.17. The number of rotatable bonds is 5. The molecule has 0 aliphatic heterocycles. The van der Waals surface area contributed by atoms with Crippen molar-refractivity contribution < 1.29 is 13.2 Å². The number of halogens is 4. The molecule has 6 heteroatoms. The fraction of sp³-hybridized carbons (Fsp3) is 0.357. The highest BCUT2D eigenvalue weighted by Crippen LogP contribution is 2.32. The van der Waals surface area contributed by atoms with Crippen LogP contribution in [0.4, 0.5) is 13.2 Å². The standard InChI is InChI=1S/C14H14ClF3N2/c15-9-12-10-19-20(13(12)14(16,17)18)8-4-7-11-5-2-1-3-6-11/h1-3,5-6,10H,4,7-9H2. The number of hydrogen-bond donors (Lipinski definition) is 0. The lowest BCUT2D eigenvalue weighted by Crippen LogP contribution is -2.16. The molecule has 0 bridgehead atoms. The predicted molar refractivity (Wildman–Crippen MR) is 71.5 cm³/mol. The SMILES string of the molecule is FC(F)(F)c1c(CCl)cnn1CCCc1ccccc1. The minimum atomic E-state index is -4.42. The summed E-state index contributed by atoms with van der Waals surface area (Å²) < 4.78 is 39.9. The third kappa shape index (κ3) is 3.54. The predicted octanol–water partition coefficient (Wildman–Crippen LogP) is 4.27. The topological polar surface area (TPSA) is 17.8 Å². The van der Waals surface area contributed by atoms with Crippen molar-refractivity contribution in [1.82, 2.24) is 9.78 Å². The lowest BCUT2D eigenvalue weighted by Gasteiger charge is -2.12. The van der Waals surface area contributed by atoms with E-state index in [0.717, 1.165) is 10.2 Å². The summed E-state index contributed by atoms with van der Waals surface area (Å²) in [6.45, 7) is 0.223. The van der Waals surface area contributed by atoms with Crippen molar-refractivity contribution in [2.45, 2.75) is 31.4 Å². The van der Waals surface area contributed by atoms with E-state index >= 15 is 0 Å². The van der Waals surface area contributed by atoms with E-state index < -0.39 is 11.9 Å². The van der Waals surface area contributed by atoms with Gasteiger partial charge in [-0.05, 0) is 18.4 Å². The maximum atomic E-state index is 13.0. The highest BCUT2D eigenvalue weighted by Gasteiger charge is 2.37. The van der Waals surface area contributed by atoms with Crippen LogP contribution < -0.4 is 0 Å². The fourth-order valence-corrected chi connectivity index (χ4v) is 2.29. The molecule has 1 aromatic heterocycles. The first-order chi connectivity index (χ1) is 9.52. The van der Waals surface area contributed by atoms with Gasteiger partial charge in [-0.15, -0.1) is 11.6 Å². The van der Waals surface area contributed by atoms with Crippen molar-refractivity contribution in [1.29, 1.82) is 0 Å². The Labute approximate surface area is 120 Å². The van der Waals surface area contributed by atoms with Crippen molar-refractivity contribution in [3.8, 4) is 0 Å². The maximum absolute atomic E-state index is 13.0. The van der Waals surface area contributed by atoms with Crippen LogP contribution in [0.2, 0.25) is 0 Å². The Kier molecular flexibility index (Phi) is 4.70. The second kappa shape index (κ2) is 6.31. The number of benzene rings is 1. The van der Waals surface area contributed by atoms with Crippen LogP contribution in [0.1, 0.15) is 23.2 Å². The molecule has 0 atom stereocenters. The van der Waals surface area contributed by atoms with Gasteiger partial charge < -0.3 is 0 Å². The Hall–Kier alpha value is -1.49. The van der Waals surface area contributed by atoms with Gasteiger partial charge in [0, 0.05) is 12.1 Å². The zero-order chi connectivity index (χ0) is 14.6. The van der Waals surface area contributed by atoms with Gasteiger partial charge in [-0.1, -0.05) is 30.3 Å². The van der Waals surface area contributed by atoms with Gasteiger partial charge >= 0.3 is 6.18 Å². The minimum absolute atomic E-state index is 0.0267. The molecule has 0 unspecified atom stereocenters. The molecule has 108 valence electrons. The van der Waals surface area contributed by atoms with Crippen LogP contribution in [-0.2, 0) is 25.0 Å². The van der Waals surface area contributed by atoms with Crippen molar-refractivity contribution in [3.05, 3.63) is 53.3 Å². The van der Waals surface area contributed by atoms with Crippen LogP contribution in [-0.4, -0.2) is 9.78 Å². The molecule has 1 heterocycles. The largest absolute Gasteiger partial charge is 0.433 e. The second-order valence-electron chi connectivity index (χ2n) is 4.46. The molecule has 2 aromatic rings. The quantitative estimate of drug-likeness (QED) is 0.754. The molecule has 1 aromatic carbocycles. The summed E-state index contributed by atoms with van der Waals surface area (Å²) in [6, 6.07) is 9.65. The third-order valence-electron chi connectivity index (χ3n) is 3.01. The molecule has 0 amide bonds. The summed E-state index contributed by atoms with van der Waals surface area (Å²) in [5.74, 6) is -0.187. The zero-order valence-electron chi connectivity index (χ0n) is 10.7. The first-order valence-corrected chi connectivity index (χ1v) is 6.77. The van der Waals surface area contributed by atoms with Crippen LogP contribution in [0.5, 0.6) is 0 Å². The molecule has 0 aliphatic carbocycles. The Morgan fingerprint density at radius 2 is 1.85 bits per heavy atom. The summed E-state index contributed by atoms with van der Waals surface area (Å²) in [6.07, 6.45) is -1.92. The molecular weight excluding hydrogens is 289 g/mol. The van der Waals surface area contributed by atoms with E-state index in [0.29, 0.717) is 12.8 Å². The second-order valence-corrected chi connectivity index (χ2v) is 4.73. The Balaban J connectivity index is 2.05. The Bertz CT molecular complexity index is 549. The average Bonchev–Trinajstić information content (AvgIpc) is 2.83. The molecule has 0 aliphatic rings. The molecule has 0 saturated carbocycles. The van der Waals surface area contributed by atoms with Gasteiger partial charge in [-0.25, -0.2) is 0 Å². The molecule has 0 saturated heterocycles. The number of alkyl halides is 4. The molecular formula is C14H14ClF3N2. The van der Waals surface area contributed by atoms with Crippen LogP contribution in [0.3, 0.4) is 0 Å². The summed E-state index contributed by atoms with van der Waals surface area (Å²) >= 11 is 5.53. The fourth-order valence-electron chi connectivity index (χ4n) is 2.10. The van der Waals surface area contributed by atoms with Crippen molar-refractivity contribution in [3.63, 3.8) is 0 Å². The zero-order valence-corrected chi connectivity index (χ0v) is 11.5. The number of nitrogens with zero attached hydrogens (tertiary/aromatic N) is 2. The first-order valence-electron chi connectivity index (χ1n) is 6.24. The highest BCUT2D eigenvalue weighted by atomic mass is 35.5. The minimum Gasteiger partial charge on any atom is -0.260 e. The van der Waals surface area contributed by atoms with Crippen molar-refractivity contribution >= 4 is 11.6 Å². The molecule has 0 radical (unpaired) electrons. The van der Waals surface area contributed by atoms with E-state index in [1.165, 1.54) is 6.20 Å². The molecule has 20 heavy (non-hydrogen) atoms. The third-order valence-corrected chi connectivity index (χ3v) is 3.29. The molecule has 2 nitrogen and oxygen atoms in total. The van der Waals surface area contributed by atoms with Gasteiger partial charge in [0.15, 0.2) is 0 Å². The summed E-state index contributed by atoms with van der Waals surface area (Å²) in [5, 5.41) is 3.80. The lowest BCUT2D eigenvalue weighted by molar-refractivity contribution is -0.144. The van der Waals surface area contributed by atoms with Crippen LogP contribution in [0.25, 0.3) is 0 Å². The van der Waals surface area contributed by atoms with Gasteiger partial charge in [-0.3, -0.25) is 4.68 Å². The lowest BCUT2D eigenvalue weighted by atomic mass is 10.1. The first kappa shape index (κ1) is 14.9. The van der Waals surface area contributed by atoms with Crippen LogP contribution in [0, 0.1) is 0 Å². The average molecular weight is 303 g/mol. The molecule has 0 N–H and O–H groups in total. The monoisotopic (exact) mass is 302 g/mol. The smallest absolute Gasteiger partial charge is 0.260 e. The van der Waals surface area contributed by atoms with Gasteiger partial charge in [-0.2, -0.15) is 18.3 Å². The van der Waals surface area contributed by atoms with Gasteiger partial charge in [0.1, 0.15) is 5.69 Å². The van der Waals surface area contributed by atoms with E-state index in [9.17, 15) is 13.2 Å². The molecule has 0 spiro atoms. The van der Waals surface area contributed by atoms with E-state index in [1.807, 2.05) is 30.3 Å². The normalized spacial score (nSPS) is 11.8. The van der Waals surface area contributed by atoms with E-state index in [2.05, 4.69) is 5.10 Å². The molecule has 2 rings (SSSR count). The van der Waals surface area contributed by atoms with Crippen LogP contribution in [0.15, 0.2) is 36.5 Å². The maximum Gasteiger partial charge on any atom is 0.433 e. The van der Waals surface area contributed by atoms with Gasteiger partial charge in [0.05, 0.1) is 12.1 Å². The van der Waals surface area contributed by atoms with E-state index in [1.54, 1.807) is 0 Å². The summed E-state index contributed by atoms with van der Waals surface area (Å²) in [5.41, 5.74) is 0.394. The Morgan fingerprint density at radius 3 is 2.45 bits per heavy atom. The number of aromatic nitrogens is 2. The van der Waals surface area contributed by atoms with Gasteiger partial charge in [0.25, 0.3) is 0 Å². The van der Waals surface area contributed by atoms with Crippen molar-refractivity contribution in [2.75, 3.05) is 0 Å². The van der Waals surface area contributed by atoms with E-state index in [4.69, 9.17) is 11.6 Å². The van der Waals surface area contributed by atoms with E-state index in [-0.39, 0.29) is 18.0 Å². The summed E-state index contributed by atoms with van der Waals surface area (Å²) in [7, 11) is 0. The van der Waals surface area contributed by atoms with Gasteiger partial charge in [0.2, 0.25) is 0 Å². The van der Waals surface area contributed by atoms with Crippen molar-refractivity contribution in [2.24, 2.45) is 0 Å².